The van der Waals surface area contributed by atoms with E-state index >= 15 is 0 Å². The largest absolute Gasteiger partial charge is 0.465 e. The molecule has 146 valence electrons. The highest BCUT2D eigenvalue weighted by Crippen LogP contribution is 2.51. The molecule has 1 spiro atoms. The number of piperidine rings is 1. The number of hydrogen-bond donors (Lipinski definition) is 5. The summed E-state index contributed by atoms with van der Waals surface area (Å²) >= 11 is 0. The van der Waals surface area contributed by atoms with Gasteiger partial charge in [-0.05, 0) is 19.8 Å². The van der Waals surface area contributed by atoms with E-state index in [9.17, 15) is 22.8 Å². The maximum absolute atomic E-state index is 12.3. The summed E-state index contributed by atoms with van der Waals surface area (Å²) in [5.74, 6) is -1.34. The third-order valence-corrected chi connectivity index (χ3v) is 4.72. The van der Waals surface area contributed by atoms with E-state index in [-0.39, 0.29) is 19.4 Å². The summed E-state index contributed by atoms with van der Waals surface area (Å²) in [6.07, 6.45) is -1.80. The molecule has 4 aliphatic rings. The van der Waals surface area contributed by atoms with Gasteiger partial charge in [-0.25, -0.2) is 9.69 Å². The first-order chi connectivity index (χ1) is 12.0. The zero-order valence-electron chi connectivity index (χ0n) is 13.4. The number of carbonyl (C=O) groups excluding carboxylic acids is 2. The van der Waals surface area contributed by atoms with Crippen molar-refractivity contribution >= 4 is 28.3 Å². The van der Waals surface area contributed by atoms with E-state index in [4.69, 9.17) is 14.4 Å². The predicted octanol–water partition coefficient (Wildman–Crippen LogP) is -2.69. The van der Waals surface area contributed by atoms with Crippen LogP contribution in [0, 0.1) is 0 Å². The number of hydroxylamine groups is 2. The number of rotatable bonds is 5. The molecule has 0 aromatic carbocycles. The molecule has 5 N–H and O–H groups in total. The zero-order valence-corrected chi connectivity index (χ0v) is 14.2. The molecule has 0 saturated carbocycles. The Bertz CT molecular complexity index is 744. The summed E-state index contributed by atoms with van der Waals surface area (Å²) in [6.45, 7) is 1.48. The van der Waals surface area contributed by atoms with Gasteiger partial charge in [0.1, 0.15) is 6.04 Å². The van der Waals surface area contributed by atoms with Crippen LogP contribution in [0.4, 0.5) is 4.79 Å². The molecule has 3 amide bonds. The van der Waals surface area contributed by atoms with Gasteiger partial charge in [-0.2, -0.15) is 8.42 Å². The SMILES string of the molecule is C[C@@H](NC(=O)O)C(=O)NNC(=O)[C@@H]1CCC23CN1C(O2)N3OS(=O)(=O)O. The monoisotopic (exact) mass is 395 g/mol. The fourth-order valence-electron chi connectivity index (χ4n) is 3.21. The average Bonchev–Trinajstić information content (AvgIpc) is 2.94. The lowest BCUT2D eigenvalue weighted by Gasteiger charge is -2.45. The minimum absolute atomic E-state index is 0.177. The van der Waals surface area contributed by atoms with Gasteiger partial charge in [-0.15, -0.1) is 4.28 Å². The normalized spacial score (nSPS) is 33.7. The Balaban J connectivity index is 1.56. The molecule has 5 atom stereocenters. The first-order valence-corrected chi connectivity index (χ1v) is 8.88. The van der Waals surface area contributed by atoms with Gasteiger partial charge < -0.3 is 15.2 Å². The standard InChI is InChI=1S/C11H17N5O9S/c1-5(12-9(19)20)7(17)13-14-8(18)6-2-3-11-4-15(6)10(24-11)16(11)25-26(21,22)23/h5-6,10,12H,2-4H2,1H3,(H,13,17)(H,14,18)(H,19,20)(H,21,22,23)/t5-,6+,10?,11?/m1/s1. The van der Waals surface area contributed by atoms with Crippen molar-refractivity contribution in [3.63, 3.8) is 0 Å². The van der Waals surface area contributed by atoms with Gasteiger partial charge in [0.05, 0.1) is 6.04 Å². The van der Waals surface area contributed by atoms with Gasteiger partial charge in [-0.1, -0.05) is 5.06 Å². The lowest BCUT2D eigenvalue weighted by molar-refractivity contribution is -0.415. The Labute approximate surface area is 147 Å². The molecule has 0 aromatic rings. The van der Waals surface area contributed by atoms with Gasteiger partial charge >= 0.3 is 16.5 Å². The van der Waals surface area contributed by atoms with Crippen LogP contribution in [0.25, 0.3) is 0 Å². The first kappa shape index (κ1) is 18.7. The number of nitrogens with zero attached hydrogens (tertiary/aromatic N) is 2. The summed E-state index contributed by atoms with van der Waals surface area (Å²) < 4.78 is 40.7. The molecule has 14 nitrogen and oxygen atoms in total. The molecule has 3 unspecified atom stereocenters. The number of ether oxygens (including phenoxy) is 1. The molecular weight excluding hydrogens is 378 g/mol. The van der Waals surface area contributed by atoms with Gasteiger partial charge in [-0.3, -0.25) is 25.0 Å². The molecule has 0 aromatic heterocycles. The van der Waals surface area contributed by atoms with Gasteiger partial charge in [0, 0.05) is 6.54 Å². The summed E-state index contributed by atoms with van der Waals surface area (Å²) in [5, 5.41) is 11.5. The van der Waals surface area contributed by atoms with Crippen LogP contribution in [-0.2, 0) is 29.0 Å². The van der Waals surface area contributed by atoms with Crippen LogP contribution in [0.1, 0.15) is 19.8 Å². The summed E-state index contributed by atoms with van der Waals surface area (Å²) in [7, 11) is -4.73. The number of amides is 3. The second-order valence-corrected chi connectivity index (χ2v) is 7.10. The molecule has 26 heavy (non-hydrogen) atoms. The zero-order chi connectivity index (χ0) is 19.3. The Hall–Kier alpha value is -2.04. The van der Waals surface area contributed by atoms with Gasteiger partial charge in [0.25, 0.3) is 11.8 Å². The van der Waals surface area contributed by atoms with Gasteiger partial charge in [0.2, 0.25) is 0 Å². The average molecular weight is 395 g/mol. The Kier molecular flexibility index (Phi) is 4.53. The number of carboxylic acid groups (broad SMARTS) is 1. The van der Waals surface area contributed by atoms with Crippen LogP contribution in [-0.4, -0.2) is 76.7 Å². The minimum Gasteiger partial charge on any atom is -0.465 e. The van der Waals surface area contributed by atoms with Crippen molar-refractivity contribution in [3.05, 3.63) is 0 Å². The molecular formula is C11H17N5O9S. The molecule has 4 fully saturated rings. The number of carbonyl (C=O) groups is 3. The molecule has 0 aliphatic carbocycles. The van der Waals surface area contributed by atoms with Crippen molar-refractivity contribution in [2.45, 2.75) is 43.9 Å². The highest BCUT2D eigenvalue weighted by atomic mass is 32.3. The second-order valence-electron chi connectivity index (χ2n) is 6.09. The van der Waals surface area contributed by atoms with Crippen molar-refractivity contribution < 1.29 is 41.5 Å². The van der Waals surface area contributed by atoms with Crippen LogP contribution in [0.15, 0.2) is 0 Å². The van der Waals surface area contributed by atoms with Crippen molar-refractivity contribution in [1.82, 2.24) is 26.1 Å². The van der Waals surface area contributed by atoms with E-state index in [0.717, 1.165) is 5.06 Å². The Morgan fingerprint density at radius 3 is 2.65 bits per heavy atom. The molecule has 4 saturated heterocycles. The number of hydrazine groups is 1. The van der Waals surface area contributed by atoms with Crippen LogP contribution in [0.3, 0.4) is 0 Å². The maximum Gasteiger partial charge on any atom is 0.414 e. The Morgan fingerprint density at radius 1 is 1.35 bits per heavy atom. The summed E-state index contributed by atoms with van der Waals surface area (Å²) in [6, 6.07) is -1.82. The highest BCUT2D eigenvalue weighted by Gasteiger charge is 2.70. The van der Waals surface area contributed by atoms with E-state index in [0.29, 0.717) is 0 Å². The lowest BCUT2D eigenvalue weighted by atomic mass is 9.98. The lowest BCUT2D eigenvalue weighted by Crippen LogP contribution is -2.63. The number of nitrogens with one attached hydrogen (secondary N) is 3. The van der Waals surface area contributed by atoms with Crippen LogP contribution in [0.2, 0.25) is 0 Å². The third-order valence-electron chi connectivity index (χ3n) is 4.37. The minimum atomic E-state index is -4.73. The molecule has 0 radical (unpaired) electrons. The van der Waals surface area contributed by atoms with E-state index in [1.165, 1.54) is 11.8 Å². The fourth-order valence-corrected chi connectivity index (χ4v) is 3.63. The molecule has 4 heterocycles. The maximum atomic E-state index is 12.3. The van der Waals surface area contributed by atoms with Crippen molar-refractivity contribution in [2.24, 2.45) is 0 Å². The fraction of sp³-hybridized carbons (Fsp3) is 0.727. The second kappa shape index (κ2) is 6.29. The van der Waals surface area contributed by atoms with E-state index in [2.05, 4.69) is 15.1 Å². The third kappa shape index (κ3) is 3.31. The van der Waals surface area contributed by atoms with Crippen molar-refractivity contribution in [1.29, 1.82) is 0 Å². The van der Waals surface area contributed by atoms with Crippen LogP contribution < -0.4 is 16.2 Å². The van der Waals surface area contributed by atoms with Gasteiger partial charge in [0.15, 0.2) is 12.1 Å². The van der Waals surface area contributed by atoms with E-state index in [1.807, 2.05) is 5.32 Å². The summed E-state index contributed by atoms with van der Waals surface area (Å²) in [5.41, 5.74) is 3.26. The summed E-state index contributed by atoms with van der Waals surface area (Å²) in [4.78, 5) is 36.0. The Morgan fingerprint density at radius 2 is 2.04 bits per heavy atom. The predicted molar refractivity (Wildman–Crippen MR) is 78.7 cm³/mol. The molecule has 4 rings (SSSR count). The quantitative estimate of drug-likeness (QED) is 0.241. The van der Waals surface area contributed by atoms with E-state index in [1.54, 1.807) is 0 Å². The molecule has 3 bridgehead atoms. The first-order valence-electron chi connectivity index (χ1n) is 7.51. The van der Waals surface area contributed by atoms with Crippen LogP contribution in [0.5, 0.6) is 0 Å². The topological polar surface area (TPSA) is 187 Å². The number of hydrogen-bond acceptors (Lipinski definition) is 9. The van der Waals surface area contributed by atoms with E-state index < -0.39 is 52.5 Å². The molecule has 15 heteroatoms. The smallest absolute Gasteiger partial charge is 0.414 e. The molecule has 4 aliphatic heterocycles. The highest BCUT2D eigenvalue weighted by molar-refractivity contribution is 7.80. The van der Waals surface area contributed by atoms with Crippen molar-refractivity contribution in [3.8, 4) is 0 Å². The van der Waals surface area contributed by atoms with Crippen molar-refractivity contribution in [2.75, 3.05) is 6.54 Å². The van der Waals surface area contributed by atoms with Crippen LogP contribution >= 0.6 is 0 Å².